The predicted octanol–water partition coefficient (Wildman–Crippen LogP) is 1.52. The first kappa shape index (κ1) is 10.8. The zero-order chi connectivity index (χ0) is 10.7. The lowest BCUT2D eigenvalue weighted by Gasteiger charge is -2.07. The average Bonchev–Trinajstić information content (AvgIpc) is 2.12. The van der Waals surface area contributed by atoms with Crippen LogP contribution in [-0.2, 0) is 0 Å². The maximum Gasteiger partial charge on any atom is 0.354 e. The molecule has 0 aliphatic carbocycles. The van der Waals surface area contributed by atoms with E-state index in [-0.39, 0.29) is 11.6 Å². The third kappa shape index (κ3) is 2.14. The fourth-order valence-corrected chi connectivity index (χ4v) is 1.18. The zero-order valence-corrected chi connectivity index (χ0v) is 9.04. The number of nitrogen functional groups attached to an aromatic ring is 1. The van der Waals surface area contributed by atoms with Crippen LogP contribution in [0.2, 0.25) is 0 Å². The molecule has 0 aliphatic heterocycles. The van der Waals surface area contributed by atoms with E-state index in [1.54, 1.807) is 6.92 Å². The number of halogens is 1. The van der Waals surface area contributed by atoms with E-state index in [9.17, 15) is 4.79 Å². The topological polar surface area (TPSA) is 85.4 Å². The van der Waals surface area contributed by atoms with Gasteiger partial charge < -0.3 is 15.6 Å². The second-order valence-electron chi connectivity index (χ2n) is 2.45. The lowest BCUT2D eigenvalue weighted by molar-refractivity contribution is 0.0689. The van der Waals surface area contributed by atoms with E-state index in [4.69, 9.17) is 15.6 Å². The first-order valence-corrected chi connectivity index (χ1v) is 4.67. The summed E-state index contributed by atoms with van der Waals surface area (Å²) in [4.78, 5) is 14.4. The number of nitrogens with two attached hydrogens (primary N) is 1. The Labute approximate surface area is 89.0 Å². The van der Waals surface area contributed by atoms with Gasteiger partial charge in [0.05, 0.1) is 12.3 Å². The number of anilines is 1. The Bertz CT molecular complexity index is 368. The van der Waals surface area contributed by atoms with Crippen molar-refractivity contribution in [3.8, 4) is 5.88 Å². The van der Waals surface area contributed by atoms with E-state index in [0.29, 0.717) is 16.8 Å². The molecule has 0 saturated heterocycles. The number of aromatic nitrogens is 1. The third-order valence-corrected chi connectivity index (χ3v) is 2.25. The Kier molecular flexibility index (Phi) is 3.29. The number of aromatic carboxylic acids is 1. The Morgan fingerprint density at radius 1 is 1.79 bits per heavy atom. The third-order valence-electron chi connectivity index (χ3n) is 1.46. The summed E-state index contributed by atoms with van der Waals surface area (Å²) < 4.78 is 5.58. The van der Waals surface area contributed by atoms with Crippen LogP contribution in [0.15, 0.2) is 10.5 Å². The summed E-state index contributed by atoms with van der Waals surface area (Å²) in [5, 5.41) is 8.70. The molecule has 0 bridgehead atoms. The summed E-state index contributed by atoms with van der Waals surface area (Å²) in [5.74, 6) is -0.935. The van der Waals surface area contributed by atoms with E-state index in [2.05, 4.69) is 20.9 Å². The molecule has 0 aromatic carbocycles. The molecule has 0 unspecified atom stereocenters. The van der Waals surface area contributed by atoms with Crippen LogP contribution in [0, 0.1) is 0 Å². The molecule has 0 spiro atoms. The zero-order valence-electron chi connectivity index (χ0n) is 7.45. The second-order valence-corrected chi connectivity index (χ2v) is 3.25. The van der Waals surface area contributed by atoms with Crippen LogP contribution in [-0.4, -0.2) is 22.7 Å². The Hall–Kier alpha value is -1.30. The predicted molar refractivity (Wildman–Crippen MR) is 54.5 cm³/mol. The van der Waals surface area contributed by atoms with Crippen LogP contribution in [0.1, 0.15) is 17.4 Å². The molecule has 1 aromatic rings. The molecule has 0 aliphatic rings. The molecule has 1 heterocycles. The van der Waals surface area contributed by atoms with Crippen LogP contribution in [0.25, 0.3) is 0 Å². The molecule has 1 rings (SSSR count). The summed E-state index contributed by atoms with van der Waals surface area (Å²) in [5.41, 5.74) is 5.72. The van der Waals surface area contributed by atoms with E-state index in [0.717, 1.165) is 0 Å². The molecule has 0 fully saturated rings. The van der Waals surface area contributed by atoms with Crippen molar-refractivity contribution in [3.63, 3.8) is 0 Å². The molecule has 3 N–H and O–H groups in total. The first-order chi connectivity index (χ1) is 6.56. The van der Waals surface area contributed by atoms with Gasteiger partial charge in [-0.25, -0.2) is 9.78 Å². The van der Waals surface area contributed by atoms with Gasteiger partial charge >= 0.3 is 5.97 Å². The molecular formula is C8H9BrN2O3. The molecule has 76 valence electrons. The summed E-state index contributed by atoms with van der Waals surface area (Å²) in [6.07, 6.45) is 0. The quantitative estimate of drug-likeness (QED) is 0.861. The number of ether oxygens (including phenoxy) is 1. The van der Waals surface area contributed by atoms with Gasteiger partial charge in [-0.3, -0.25) is 0 Å². The van der Waals surface area contributed by atoms with E-state index in [1.165, 1.54) is 6.07 Å². The van der Waals surface area contributed by atoms with Crippen molar-refractivity contribution >= 4 is 27.6 Å². The van der Waals surface area contributed by atoms with E-state index >= 15 is 0 Å². The van der Waals surface area contributed by atoms with Gasteiger partial charge in [0.15, 0.2) is 5.69 Å². The minimum absolute atomic E-state index is 0.130. The van der Waals surface area contributed by atoms with Crippen LogP contribution >= 0.6 is 15.9 Å². The van der Waals surface area contributed by atoms with E-state index < -0.39 is 5.97 Å². The SMILES string of the molecule is CCOc1nc(C(=O)O)cc(N)c1Br. The van der Waals surface area contributed by atoms with Crippen molar-refractivity contribution in [2.24, 2.45) is 0 Å². The Morgan fingerprint density at radius 2 is 2.43 bits per heavy atom. The lowest BCUT2D eigenvalue weighted by atomic mass is 10.3. The highest BCUT2D eigenvalue weighted by atomic mass is 79.9. The molecule has 0 atom stereocenters. The summed E-state index contributed by atoms with van der Waals surface area (Å²) in [7, 11) is 0. The lowest BCUT2D eigenvalue weighted by Crippen LogP contribution is -2.06. The molecule has 5 nitrogen and oxygen atoms in total. The number of rotatable bonds is 3. The van der Waals surface area contributed by atoms with Gasteiger partial charge in [0.1, 0.15) is 4.47 Å². The van der Waals surface area contributed by atoms with Crippen molar-refractivity contribution in [2.45, 2.75) is 6.92 Å². The second kappa shape index (κ2) is 4.28. The largest absolute Gasteiger partial charge is 0.477 e. The molecule has 6 heteroatoms. The highest BCUT2D eigenvalue weighted by molar-refractivity contribution is 9.10. The average molecular weight is 261 g/mol. The highest BCUT2D eigenvalue weighted by Crippen LogP contribution is 2.29. The number of carbonyl (C=O) groups is 1. The fourth-order valence-electron chi connectivity index (χ4n) is 0.867. The van der Waals surface area contributed by atoms with Gasteiger partial charge in [0.25, 0.3) is 0 Å². The van der Waals surface area contributed by atoms with Crippen molar-refractivity contribution in [2.75, 3.05) is 12.3 Å². The summed E-state index contributed by atoms with van der Waals surface area (Å²) in [6.45, 7) is 2.17. The molecule has 0 saturated carbocycles. The minimum atomic E-state index is -1.13. The first-order valence-electron chi connectivity index (χ1n) is 3.88. The molecule has 14 heavy (non-hydrogen) atoms. The summed E-state index contributed by atoms with van der Waals surface area (Å²) >= 11 is 3.16. The molecule has 0 amide bonds. The highest BCUT2D eigenvalue weighted by Gasteiger charge is 2.13. The van der Waals surface area contributed by atoms with Gasteiger partial charge in [0, 0.05) is 0 Å². The van der Waals surface area contributed by atoms with Crippen LogP contribution in [0.4, 0.5) is 5.69 Å². The Balaban J connectivity index is 3.20. The smallest absolute Gasteiger partial charge is 0.354 e. The number of hydrogen-bond acceptors (Lipinski definition) is 4. The van der Waals surface area contributed by atoms with Gasteiger partial charge in [-0.15, -0.1) is 0 Å². The fraction of sp³-hybridized carbons (Fsp3) is 0.250. The van der Waals surface area contributed by atoms with Gasteiger partial charge in [-0.2, -0.15) is 0 Å². The normalized spacial score (nSPS) is 9.86. The number of pyridine rings is 1. The number of hydrogen-bond donors (Lipinski definition) is 2. The van der Waals surface area contributed by atoms with E-state index in [1.807, 2.05) is 0 Å². The molecule has 1 aromatic heterocycles. The van der Waals surface area contributed by atoms with Crippen molar-refractivity contribution in [1.29, 1.82) is 0 Å². The standard InChI is InChI=1S/C8H9BrN2O3/c1-2-14-7-6(9)4(10)3-5(11-7)8(12)13/h3H,2H2,1H3,(H2,10,11)(H,12,13). The molecule has 0 radical (unpaired) electrons. The maximum atomic E-state index is 10.6. The number of carboxylic acids is 1. The van der Waals surface area contributed by atoms with Crippen LogP contribution < -0.4 is 10.5 Å². The maximum absolute atomic E-state index is 10.6. The number of nitrogens with zero attached hydrogens (tertiary/aromatic N) is 1. The monoisotopic (exact) mass is 260 g/mol. The minimum Gasteiger partial charge on any atom is -0.477 e. The van der Waals surface area contributed by atoms with Crippen molar-refractivity contribution in [3.05, 3.63) is 16.2 Å². The number of carboxylic acid groups (broad SMARTS) is 1. The summed E-state index contributed by atoms with van der Waals surface area (Å²) in [6, 6.07) is 1.27. The molecular weight excluding hydrogens is 252 g/mol. The van der Waals surface area contributed by atoms with Crippen LogP contribution in [0.5, 0.6) is 5.88 Å². The van der Waals surface area contributed by atoms with Crippen molar-refractivity contribution in [1.82, 2.24) is 4.98 Å². The van der Waals surface area contributed by atoms with Crippen molar-refractivity contribution < 1.29 is 14.6 Å². The van der Waals surface area contributed by atoms with Gasteiger partial charge in [-0.05, 0) is 28.9 Å². The van der Waals surface area contributed by atoms with Gasteiger partial charge in [-0.1, -0.05) is 0 Å². The Morgan fingerprint density at radius 3 is 2.93 bits per heavy atom. The van der Waals surface area contributed by atoms with Crippen LogP contribution in [0.3, 0.4) is 0 Å². The van der Waals surface area contributed by atoms with Gasteiger partial charge in [0.2, 0.25) is 5.88 Å².